The summed E-state index contributed by atoms with van der Waals surface area (Å²) in [6.45, 7) is 6.90. The zero-order valence-electron chi connectivity index (χ0n) is 9.47. The van der Waals surface area contributed by atoms with Gasteiger partial charge in [0.2, 0.25) is 0 Å². The Kier molecular flexibility index (Phi) is 4.55. The maximum absolute atomic E-state index is 2.38. The van der Waals surface area contributed by atoms with Crippen molar-refractivity contribution in [1.82, 2.24) is 0 Å². The van der Waals surface area contributed by atoms with Gasteiger partial charge in [0.25, 0.3) is 0 Å². The Balaban J connectivity index is 2.54. The monoisotopic (exact) mass is 180 g/mol. The minimum Gasteiger partial charge on any atom is -0.0879 e. The lowest BCUT2D eigenvalue weighted by molar-refractivity contribution is 0.373. The van der Waals surface area contributed by atoms with Gasteiger partial charge in [-0.3, -0.25) is 0 Å². The number of hydrogen-bond acceptors (Lipinski definition) is 0. The maximum atomic E-state index is 2.38. The molecule has 1 rings (SSSR count). The standard InChI is InChI=1S/C13H24/c1-4-11(3)13(5-2)12-9-7-6-8-10-12/h5,11-12H,4,6-10H2,1-3H3/b13-5-. The van der Waals surface area contributed by atoms with Crippen LogP contribution in [0.3, 0.4) is 0 Å². The molecule has 1 saturated carbocycles. The van der Waals surface area contributed by atoms with Crippen molar-refractivity contribution in [2.45, 2.75) is 59.3 Å². The van der Waals surface area contributed by atoms with E-state index in [-0.39, 0.29) is 0 Å². The molecule has 0 radical (unpaired) electrons. The molecule has 1 unspecified atom stereocenters. The molecular formula is C13H24. The summed E-state index contributed by atoms with van der Waals surface area (Å²) in [4.78, 5) is 0. The number of rotatable bonds is 3. The van der Waals surface area contributed by atoms with Gasteiger partial charge in [-0.1, -0.05) is 44.8 Å². The van der Waals surface area contributed by atoms with E-state index < -0.39 is 0 Å². The van der Waals surface area contributed by atoms with Crippen molar-refractivity contribution < 1.29 is 0 Å². The molecule has 0 aromatic rings. The lowest BCUT2D eigenvalue weighted by Crippen LogP contribution is -2.14. The van der Waals surface area contributed by atoms with Crippen LogP contribution in [0.4, 0.5) is 0 Å². The summed E-state index contributed by atoms with van der Waals surface area (Å²) in [6.07, 6.45) is 11.0. The van der Waals surface area contributed by atoms with Crippen LogP contribution in [0.25, 0.3) is 0 Å². The van der Waals surface area contributed by atoms with Crippen molar-refractivity contribution in [2.75, 3.05) is 0 Å². The van der Waals surface area contributed by atoms with Gasteiger partial charge in [0.15, 0.2) is 0 Å². The molecule has 0 N–H and O–H groups in total. The molecule has 0 spiro atoms. The lowest BCUT2D eigenvalue weighted by atomic mass is 9.78. The lowest BCUT2D eigenvalue weighted by Gasteiger charge is -2.27. The van der Waals surface area contributed by atoms with Gasteiger partial charge in [0, 0.05) is 0 Å². The molecular weight excluding hydrogens is 156 g/mol. The Morgan fingerprint density at radius 2 is 1.92 bits per heavy atom. The van der Waals surface area contributed by atoms with E-state index in [0.29, 0.717) is 0 Å². The van der Waals surface area contributed by atoms with E-state index in [2.05, 4.69) is 26.8 Å². The molecule has 13 heavy (non-hydrogen) atoms. The third kappa shape index (κ3) is 2.86. The van der Waals surface area contributed by atoms with Crippen LogP contribution >= 0.6 is 0 Å². The van der Waals surface area contributed by atoms with Crippen molar-refractivity contribution in [3.05, 3.63) is 11.6 Å². The molecule has 0 aromatic carbocycles. The van der Waals surface area contributed by atoms with Crippen LogP contribution in [-0.4, -0.2) is 0 Å². The Hall–Kier alpha value is -0.260. The molecule has 0 saturated heterocycles. The van der Waals surface area contributed by atoms with Crippen LogP contribution in [0.2, 0.25) is 0 Å². The van der Waals surface area contributed by atoms with Crippen molar-refractivity contribution in [2.24, 2.45) is 11.8 Å². The zero-order chi connectivity index (χ0) is 9.68. The average Bonchev–Trinajstić information content (AvgIpc) is 2.20. The van der Waals surface area contributed by atoms with Crippen LogP contribution in [0.1, 0.15) is 59.3 Å². The van der Waals surface area contributed by atoms with Crippen molar-refractivity contribution >= 4 is 0 Å². The Bertz CT molecular complexity index is 161. The highest BCUT2D eigenvalue weighted by Gasteiger charge is 2.19. The quantitative estimate of drug-likeness (QED) is 0.558. The van der Waals surface area contributed by atoms with Crippen LogP contribution in [0, 0.1) is 11.8 Å². The largest absolute Gasteiger partial charge is 0.0879 e. The molecule has 0 amide bonds. The van der Waals surface area contributed by atoms with Crippen LogP contribution in [0.5, 0.6) is 0 Å². The van der Waals surface area contributed by atoms with E-state index in [9.17, 15) is 0 Å². The molecule has 1 fully saturated rings. The predicted molar refractivity (Wildman–Crippen MR) is 59.8 cm³/mol. The molecule has 0 bridgehead atoms. The van der Waals surface area contributed by atoms with E-state index in [1.165, 1.54) is 38.5 Å². The third-order valence-electron chi connectivity index (χ3n) is 3.59. The normalized spacial score (nSPS) is 23.2. The fourth-order valence-electron chi connectivity index (χ4n) is 2.59. The van der Waals surface area contributed by atoms with Gasteiger partial charge in [0.1, 0.15) is 0 Å². The molecule has 1 aliphatic rings. The second-order valence-corrected chi connectivity index (χ2v) is 4.43. The van der Waals surface area contributed by atoms with Gasteiger partial charge in [-0.2, -0.15) is 0 Å². The average molecular weight is 180 g/mol. The van der Waals surface area contributed by atoms with Gasteiger partial charge in [-0.05, 0) is 38.0 Å². The van der Waals surface area contributed by atoms with Gasteiger partial charge >= 0.3 is 0 Å². The molecule has 0 aliphatic heterocycles. The number of allylic oxidation sites excluding steroid dienone is 2. The number of hydrogen-bond donors (Lipinski definition) is 0. The van der Waals surface area contributed by atoms with Gasteiger partial charge in [-0.25, -0.2) is 0 Å². The van der Waals surface area contributed by atoms with Crippen molar-refractivity contribution in [3.63, 3.8) is 0 Å². The summed E-state index contributed by atoms with van der Waals surface area (Å²) < 4.78 is 0. The van der Waals surface area contributed by atoms with E-state index in [0.717, 1.165) is 11.8 Å². The smallest absolute Gasteiger partial charge is 0.0201 e. The molecule has 1 aliphatic carbocycles. The SMILES string of the molecule is C/C=C(/C(C)CC)C1CCCCC1. The first-order valence-corrected chi connectivity index (χ1v) is 5.95. The summed E-state index contributed by atoms with van der Waals surface area (Å²) >= 11 is 0. The van der Waals surface area contributed by atoms with Crippen LogP contribution in [-0.2, 0) is 0 Å². The van der Waals surface area contributed by atoms with Crippen LogP contribution < -0.4 is 0 Å². The minimum atomic E-state index is 0.813. The minimum absolute atomic E-state index is 0.813. The first-order valence-electron chi connectivity index (χ1n) is 5.95. The van der Waals surface area contributed by atoms with Crippen molar-refractivity contribution in [3.8, 4) is 0 Å². The van der Waals surface area contributed by atoms with Crippen LogP contribution in [0.15, 0.2) is 11.6 Å². The fourth-order valence-corrected chi connectivity index (χ4v) is 2.59. The van der Waals surface area contributed by atoms with E-state index in [1.807, 2.05) is 0 Å². The van der Waals surface area contributed by atoms with E-state index in [4.69, 9.17) is 0 Å². The Morgan fingerprint density at radius 1 is 1.31 bits per heavy atom. The fraction of sp³-hybridized carbons (Fsp3) is 0.846. The summed E-state index contributed by atoms with van der Waals surface area (Å²) in [5.74, 6) is 1.74. The zero-order valence-corrected chi connectivity index (χ0v) is 9.47. The van der Waals surface area contributed by atoms with Gasteiger partial charge in [-0.15, -0.1) is 0 Å². The predicted octanol–water partition coefficient (Wildman–Crippen LogP) is 4.56. The Labute approximate surface area is 83.4 Å². The molecule has 0 heterocycles. The summed E-state index contributed by atoms with van der Waals surface area (Å²) in [7, 11) is 0. The molecule has 0 nitrogen and oxygen atoms in total. The maximum Gasteiger partial charge on any atom is -0.0201 e. The molecule has 0 aromatic heterocycles. The molecule has 0 heteroatoms. The molecule has 1 atom stereocenters. The second-order valence-electron chi connectivity index (χ2n) is 4.43. The third-order valence-corrected chi connectivity index (χ3v) is 3.59. The topological polar surface area (TPSA) is 0 Å². The first kappa shape index (κ1) is 10.8. The van der Waals surface area contributed by atoms with Gasteiger partial charge < -0.3 is 0 Å². The highest BCUT2D eigenvalue weighted by Crippen LogP contribution is 2.34. The second kappa shape index (κ2) is 5.47. The molecule has 76 valence electrons. The summed E-state index contributed by atoms with van der Waals surface area (Å²) in [5.41, 5.74) is 1.74. The first-order chi connectivity index (χ1) is 6.29. The highest BCUT2D eigenvalue weighted by molar-refractivity contribution is 5.09. The van der Waals surface area contributed by atoms with Gasteiger partial charge in [0.05, 0.1) is 0 Å². The van der Waals surface area contributed by atoms with Crippen molar-refractivity contribution in [1.29, 1.82) is 0 Å². The highest BCUT2D eigenvalue weighted by atomic mass is 14.2. The Morgan fingerprint density at radius 3 is 2.38 bits per heavy atom. The van der Waals surface area contributed by atoms with E-state index >= 15 is 0 Å². The van der Waals surface area contributed by atoms with E-state index in [1.54, 1.807) is 5.57 Å². The summed E-state index contributed by atoms with van der Waals surface area (Å²) in [6, 6.07) is 0. The summed E-state index contributed by atoms with van der Waals surface area (Å²) in [5, 5.41) is 0.